The Bertz CT molecular complexity index is 853. The fourth-order valence-corrected chi connectivity index (χ4v) is 5.08. The van der Waals surface area contributed by atoms with Crippen LogP contribution in [0, 0.1) is 18.8 Å². The Morgan fingerprint density at radius 3 is 2.39 bits per heavy atom. The SMILES string of the molecule is CCCCC1CCC(C(=O)N2CCN(c3cc(-c4ccccc4)nc(C)n3)CC2)CC1. The van der Waals surface area contributed by atoms with Crippen LogP contribution in [0.15, 0.2) is 36.4 Å². The van der Waals surface area contributed by atoms with Gasteiger partial charge in [0.25, 0.3) is 0 Å². The van der Waals surface area contributed by atoms with Gasteiger partial charge in [-0.05, 0) is 38.5 Å². The van der Waals surface area contributed by atoms with E-state index in [2.05, 4.69) is 44.9 Å². The lowest BCUT2D eigenvalue weighted by atomic mass is 9.79. The number of carbonyl (C=O) groups is 1. The fraction of sp³-hybridized carbons (Fsp3) is 0.577. The molecular formula is C26H36N4O. The molecule has 0 N–H and O–H groups in total. The molecule has 1 aliphatic carbocycles. The second kappa shape index (κ2) is 10.3. The Morgan fingerprint density at radius 1 is 1.00 bits per heavy atom. The summed E-state index contributed by atoms with van der Waals surface area (Å²) in [6, 6.07) is 12.3. The molecule has 1 aromatic carbocycles. The van der Waals surface area contributed by atoms with Gasteiger partial charge in [0.1, 0.15) is 11.6 Å². The van der Waals surface area contributed by atoms with Crippen molar-refractivity contribution in [3.05, 3.63) is 42.2 Å². The van der Waals surface area contributed by atoms with Crippen molar-refractivity contribution in [1.82, 2.24) is 14.9 Å². The minimum Gasteiger partial charge on any atom is -0.353 e. The number of carbonyl (C=O) groups excluding carboxylic acids is 1. The zero-order valence-corrected chi connectivity index (χ0v) is 19.1. The lowest BCUT2D eigenvalue weighted by Crippen LogP contribution is -2.51. The summed E-state index contributed by atoms with van der Waals surface area (Å²) in [6.07, 6.45) is 8.59. The molecule has 2 aromatic rings. The Balaban J connectivity index is 1.33. The number of rotatable bonds is 6. The molecule has 0 radical (unpaired) electrons. The molecule has 2 fully saturated rings. The predicted molar refractivity (Wildman–Crippen MR) is 126 cm³/mol. The highest BCUT2D eigenvalue weighted by Crippen LogP contribution is 2.33. The van der Waals surface area contributed by atoms with Crippen LogP contribution >= 0.6 is 0 Å². The van der Waals surface area contributed by atoms with E-state index in [0.29, 0.717) is 5.91 Å². The Morgan fingerprint density at radius 2 is 1.71 bits per heavy atom. The number of piperazine rings is 1. The highest BCUT2D eigenvalue weighted by atomic mass is 16.2. The van der Waals surface area contributed by atoms with Crippen molar-refractivity contribution in [2.24, 2.45) is 11.8 Å². The number of hydrogen-bond acceptors (Lipinski definition) is 4. The monoisotopic (exact) mass is 420 g/mol. The molecule has 0 spiro atoms. The summed E-state index contributed by atoms with van der Waals surface area (Å²) in [5, 5.41) is 0. The van der Waals surface area contributed by atoms with Crippen molar-refractivity contribution in [3.63, 3.8) is 0 Å². The number of hydrogen-bond donors (Lipinski definition) is 0. The minimum atomic E-state index is 0.246. The van der Waals surface area contributed by atoms with Gasteiger partial charge in [-0.25, -0.2) is 9.97 Å². The van der Waals surface area contributed by atoms with Gasteiger partial charge in [0.05, 0.1) is 5.69 Å². The molecule has 5 nitrogen and oxygen atoms in total. The van der Waals surface area contributed by atoms with Crippen LogP contribution in [-0.4, -0.2) is 47.0 Å². The van der Waals surface area contributed by atoms with Gasteiger partial charge in [0.15, 0.2) is 0 Å². The van der Waals surface area contributed by atoms with Crippen molar-refractivity contribution >= 4 is 11.7 Å². The highest BCUT2D eigenvalue weighted by Gasteiger charge is 2.31. The van der Waals surface area contributed by atoms with Crippen LogP contribution in [0.3, 0.4) is 0 Å². The van der Waals surface area contributed by atoms with Crippen LogP contribution in [0.25, 0.3) is 11.3 Å². The van der Waals surface area contributed by atoms with Crippen LogP contribution in [0.1, 0.15) is 57.7 Å². The zero-order chi connectivity index (χ0) is 21.6. The quantitative estimate of drug-likeness (QED) is 0.653. The van der Waals surface area contributed by atoms with E-state index in [-0.39, 0.29) is 5.92 Å². The van der Waals surface area contributed by atoms with Crippen LogP contribution in [0.4, 0.5) is 5.82 Å². The van der Waals surface area contributed by atoms with E-state index in [1.807, 2.05) is 25.1 Å². The number of amides is 1. The Hall–Kier alpha value is -2.43. The topological polar surface area (TPSA) is 49.3 Å². The molecule has 1 saturated carbocycles. The first-order chi connectivity index (χ1) is 15.1. The highest BCUT2D eigenvalue weighted by molar-refractivity contribution is 5.79. The molecule has 4 rings (SSSR count). The number of unbranched alkanes of at least 4 members (excludes halogenated alkanes) is 1. The average Bonchev–Trinajstić information content (AvgIpc) is 2.83. The number of aromatic nitrogens is 2. The van der Waals surface area contributed by atoms with Crippen molar-refractivity contribution in [2.75, 3.05) is 31.1 Å². The largest absolute Gasteiger partial charge is 0.353 e. The maximum absolute atomic E-state index is 13.1. The van der Waals surface area contributed by atoms with Gasteiger partial charge in [-0.1, -0.05) is 56.5 Å². The van der Waals surface area contributed by atoms with Crippen LogP contribution in [-0.2, 0) is 4.79 Å². The van der Waals surface area contributed by atoms with Gasteiger partial charge in [-0.2, -0.15) is 0 Å². The van der Waals surface area contributed by atoms with E-state index in [1.165, 1.54) is 32.1 Å². The fourth-order valence-electron chi connectivity index (χ4n) is 5.08. The average molecular weight is 421 g/mol. The number of nitrogens with zero attached hydrogens (tertiary/aromatic N) is 4. The van der Waals surface area contributed by atoms with Crippen molar-refractivity contribution in [2.45, 2.75) is 58.8 Å². The lowest BCUT2D eigenvalue weighted by molar-refractivity contribution is -0.137. The van der Waals surface area contributed by atoms with Gasteiger partial charge >= 0.3 is 0 Å². The van der Waals surface area contributed by atoms with Crippen molar-refractivity contribution < 1.29 is 4.79 Å². The van der Waals surface area contributed by atoms with E-state index in [4.69, 9.17) is 0 Å². The van der Waals surface area contributed by atoms with Crippen LogP contribution in [0.2, 0.25) is 0 Å². The third-order valence-electron chi connectivity index (χ3n) is 6.97. The summed E-state index contributed by atoms with van der Waals surface area (Å²) in [5.41, 5.74) is 2.07. The molecule has 31 heavy (non-hydrogen) atoms. The summed E-state index contributed by atoms with van der Waals surface area (Å²) < 4.78 is 0. The molecule has 1 amide bonds. The van der Waals surface area contributed by atoms with Crippen molar-refractivity contribution in [1.29, 1.82) is 0 Å². The second-order valence-corrected chi connectivity index (χ2v) is 9.20. The van der Waals surface area contributed by atoms with Gasteiger partial charge in [-0.15, -0.1) is 0 Å². The Kier molecular flexibility index (Phi) is 7.21. The molecule has 0 atom stereocenters. The van der Waals surface area contributed by atoms with Crippen LogP contribution < -0.4 is 4.90 Å². The number of benzene rings is 1. The molecule has 0 unspecified atom stereocenters. The zero-order valence-electron chi connectivity index (χ0n) is 19.1. The lowest BCUT2D eigenvalue weighted by Gasteiger charge is -2.38. The first-order valence-corrected chi connectivity index (χ1v) is 12.1. The third kappa shape index (κ3) is 5.44. The maximum atomic E-state index is 13.1. The molecule has 1 aromatic heterocycles. The number of anilines is 1. The first-order valence-electron chi connectivity index (χ1n) is 12.1. The molecule has 2 heterocycles. The molecular weight excluding hydrogens is 384 g/mol. The van der Waals surface area contributed by atoms with E-state index in [0.717, 1.165) is 67.8 Å². The van der Waals surface area contributed by atoms with Gasteiger partial charge < -0.3 is 9.80 Å². The van der Waals surface area contributed by atoms with Gasteiger partial charge in [-0.3, -0.25) is 4.79 Å². The van der Waals surface area contributed by atoms with Crippen LogP contribution in [0.5, 0.6) is 0 Å². The normalized spacial score (nSPS) is 21.9. The summed E-state index contributed by atoms with van der Waals surface area (Å²) in [7, 11) is 0. The number of aryl methyl sites for hydroxylation is 1. The minimum absolute atomic E-state index is 0.246. The van der Waals surface area contributed by atoms with Crippen molar-refractivity contribution in [3.8, 4) is 11.3 Å². The summed E-state index contributed by atoms with van der Waals surface area (Å²) >= 11 is 0. The first kappa shape index (κ1) is 21.8. The molecule has 2 aliphatic rings. The maximum Gasteiger partial charge on any atom is 0.225 e. The van der Waals surface area contributed by atoms with Gasteiger partial charge in [0, 0.05) is 43.7 Å². The molecule has 1 saturated heterocycles. The molecule has 5 heteroatoms. The molecule has 1 aliphatic heterocycles. The summed E-state index contributed by atoms with van der Waals surface area (Å²) in [6.45, 7) is 7.47. The summed E-state index contributed by atoms with van der Waals surface area (Å²) in [4.78, 5) is 26.8. The van der Waals surface area contributed by atoms with E-state index in [9.17, 15) is 4.79 Å². The predicted octanol–water partition coefficient (Wildman–Crippen LogP) is 5.10. The second-order valence-electron chi connectivity index (χ2n) is 9.20. The van der Waals surface area contributed by atoms with E-state index in [1.54, 1.807) is 0 Å². The third-order valence-corrected chi connectivity index (χ3v) is 6.97. The van der Waals surface area contributed by atoms with Gasteiger partial charge in [0.2, 0.25) is 5.91 Å². The molecule has 166 valence electrons. The standard InChI is InChI=1S/C26H36N4O/c1-3-4-8-21-11-13-23(14-12-21)26(31)30-17-15-29(16-18-30)25-19-24(27-20(2)28-25)22-9-6-5-7-10-22/h5-7,9-10,19,21,23H,3-4,8,11-18H2,1-2H3. The smallest absolute Gasteiger partial charge is 0.225 e. The molecule has 0 bridgehead atoms. The van der Waals surface area contributed by atoms with E-state index >= 15 is 0 Å². The Labute approximate surface area is 186 Å². The van der Waals surface area contributed by atoms with E-state index < -0.39 is 0 Å². The summed E-state index contributed by atoms with van der Waals surface area (Å²) in [5.74, 6) is 3.23.